The highest BCUT2D eigenvalue weighted by atomic mass is 127. The van der Waals surface area contributed by atoms with Gasteiger partial charge >= 0.3 is 0 Å². The lowest BCUT2D eigenvalue weighted by molar-refractivity contribution is 0.196. The normalized spacial score (nSPS) is 19.0. The van der Waals surface area contributed by atoms with E-state index in [1.807, 2.05) is 18.3 Å². The van der Waals surface area contributed by atoms with Crippen molar-refractivity contribution in [3.63, 3.8) is 0 Å². The summed E-state index contributed by atoms with van der Waals surface area (Å²) in [5.41, 5.74) is 1.10. The highest BCUT2D eigenvalue weighted by molar-refractivity contribution is 14.0. The number of aliphatic imine (C=N–C) groups is 1. The van der Waals surface area contributed by atoms with Crippen LogP contribution in [-0.4, -0.2) is 69.3 Å². The fourth-order valence-corrected chi connectivity index (χ4v) is 4.67. The number of nitrogens with one attached hydrogen (secondary N) is 3. The van der Waals surface area contributed by atoms with Gasteiger partial charge in [-0.2, -0.15) is 0 Å². The second-order valence-electron chi connectivity index (χ2n) is 7.98. The number of nitrogens with zero attached hydrogens (tertiary/aromatic N) is 3. The monoisotopic (exact) mass is 550 g/mol. The minimum absolute atomic E-state index is 0. The third-order valence-corrected chi connectivity index (χ3v) is 7.09. The minimum Gasteiger partial charge on any atom is -0.355 e. The molecule has 0 spiro atoms. The average molecular weight is 551 g/mol. The molecule has 0 atom stereocenters. The van der Waals surface area contributed by atoms with E-state index < -0.39 is 10.0 Å². The quantitative estimate of drug-likeness (QED) is 0.245. The van der Waals surface area contributed by atoms with Crippen molar-refractivity contribution in [1.82, 2.24) is 25.2 Å². The largest absolute Gasteiger partial charge is 0.355 e. The smallest absolute Gasteiger partial charge is 0.213 e. The molecule has 170 valence electrons. The van der Waals surface area contributed by atoms with Gasteiger partial charge in [0.15, 0.2) is 5.96 Å². The van der Waals surface area contributed by atoms with Crippen molar-refractivity contribution in [2.24, 2.45) is 10.9 Å². The van der Waals surface area contributed by atoms with E-state index >= 15 is 0 Å². The Hall–Kier alpha value is -0.980. The molecule has 1 saturated heterocycles. The predicted molar refractivity (Wildman–Crippen MR) is 132 cm³/mol. The van der Waals surface area contributed by atoms with Crippen LogP contribution in [0.25, 0.3) is 0 Å². The zero-order valence-corrected chi connectivity index (χ0v) is 20.9. The number of pyridine rings is 1. The van der Waals surface area contributed by atoms with E-state index in [0.717, 1.165) is 51.0 Å². The summed E-state index contributed by atoms with van der Waals surface area (Å²) in [6.07, 6.45) is 7.37. The van der Waals surface area contributed by atoms with E-state index in [0.29, 0.717) is 31.0 Å². The van der Waals surface area contributed by atoms with Gasteiger partial charge in [-0.25, -0.2) is 13.1 Å². The van der Waals surface area contributed by atoms with Crippen LogP contribution in [0.1, 0.15) is 37.8 Å². The van der Waals surface area contributed by atoms with Gasteiger partial charge in [-0.05, 0) is 43.7 Å². The van der Waals surface area contributed by atoms with E-state index in [4.69, 9.17) is 0 Å². The first-order chi connectivity index (χ1) is 14.0. The van der Waals surface area contributed by atoms with Crippen molar-refractivity contribution >= 4 is 40.0 Å². The second kappa shape index (κ2) is 12.8. The molecular weight excluding hydrogens is 515 g/mol. The van der Waals surface area contributed by atoms with Crippen LogP contribution in [0.15, 0.2) is 29.4 Å². The molecule has 0 aromatic carbocycles. The van der Waals surface area contributed by atoms with Crippen molar-refractivity contribution in [2.45, 2.75) is 44.7 Å². The summed E-state index contributed by atoms with van der Waals surface area (Å²) in [6, 6.07) is 6.36. The van der Waals surface area contributed by atoms with E-state index in [1.54, 1.807) is 7.05 Å². The SMILES string of the molecule is CN=C(NCCS(=O)(=O)NCC1CCC1)NC1CCN(Cc2ccccn2)CC1.I. The Bertz CT molecular complexity index is 750. The number of piperidine rings is 1. The topological polar surface area (TPSA) is 98.7 Å². The third-order valence-electron chi connectivity index (χ3n) is 5.74. The van der Waals surface area contributed by atoms with Gasteiger partial charge in [-0.1, -0.05) is 12.5 Å². The molecule has 0 radical (unpaired) electrons. The summed E-state index contributed by atoms with van der Waals surface area (Å²) < 4.78 is 26.9. The number of aromatic nitrogens is 1. The number of hydrogen-bond donors (Lipinski definition) is 3. The number of hydrogen-bond acceptors (Lipinski definition) is 5. The molecular formula is C20H35IN6O2S. The summed E-state index contributed by atoms with van der Waals surface area (Å²) in [5, 5.41) is 6.56. The van der Waals surface area contributed by atoms with Gasteiger partial charge in [-0.15, -0.1) is 24.0 Å². The van der Waals surface area contributed by atoms with Gasteiger partial charge in [0.05, 0.1) is 11.4 Å². The summed E-state index contributed by atoms with van der Waals surface area (Å²) in [7, 11) is -1.52. The minimum atomic E-state index is -3.23. The molecule has 0 amide bonds. The highest BCUT2D eigenvalue weighted by Gasteiger charge is 2.21. The number of likely N-dealkylation sites (tertiary alicyclic amines) is 1. The standard InChI is InChI=1S/C20H34N6O2S.HI/c1-21-20(23-11-14-29(27,28)24-15-17-5-4-6-17)25-18-8-12-26(13-9-18)16-19-7-2-3-10-22-19;/h2-3,7,10,17-18,24H,4-6,8-9,11-16H2,1H3,(H2,21,23,25);1H. The zero-order chi connectivity index (χ0) is 20.5. The molecule has 0 unspecified atom stereocenters. The van der Waals surface area contributed by atoms with Crippen molar-refractivity contribution in [2.75, 3.05) is 39.0 Å². The summed E-state index contributed by atoms with van der Waals surface area (Å²) >= 11 is 0. The maximum atomic E-state index is 12.1. The molecule has 3 rings (SSSR count). The van der Waals surface area contributed by atoms with Crippen LogP contribution < -0.4 is 15.4 Å². The van der Waals surface area contributed by atoms with E-state index in [9.17, 15) is 8.42 Å². The number of sulfonamides is 1. The molecule has 3 N–H and O–H groups in total. The average Bonchev–Trinajstić information content (AvgIpc) is 2.68. The lowest BCUT2D eigenvalue weighted by Crippen LogP contribution is -2.49. The first kappa shape index (κ1) is 25.3. The van der Waals surface area contributed by atoms with E-state index in [-0.39, 0.29) is 29.7 Å². The van der Waals surface area contributed by atoms with Crippen molar-refractivity contribution in [3.8, 4) is 0 Å². The fourth-order valence-electron chi connectivity index (χ4n) is 3.66. The lowest BCUT2D eigenvalue weighted by Gasteiger charge is -2.32. The first-order valence-electron chi connectivity index (χ1n) is 10.6. The van der Waals surface area contributed by atoms with Crippen LogP contribution in [0.3, 0.4) is 0 Å². The highest BCUT2D eigenvalue weighted by Crippen LogP contribution is 2.25. The Balaban J connectivity index is 0.00000320. The Morgan fingerprint density at radius 2 is 2.00 bits per heavy atom. The second-order valence-corrected chi connectivity index (χ2v) is 9.91. The van der Waals surface area contributed by atoms with Gasteiger partial charge in [-0.3, -0.25) is 14.9 Å². The van der Waals surface area contributed by atoms with E-state index in [1.165, 1.54) is 6.42 Å². The molecule has 8 nitrogen and oxygen atoms in total. The molecule has 1 aliphatic carbocycles. The molecule has 0 bridgehead atoms. The van der Waals surface area contributed by atoms with Crippen molar-refractivity contribution < 1.29 is 8.42 Å². The van der Waals surface area contributed by atoms with Gasteiger partial charge in [0.2, 0.25) is 10.0 Å². The van der Waals surface area contributed by atoms with Crippen LogP contribution in [-0.2, 0) is 16.6 Å². The van der Waals surface area contributed by atoms with Gasteiger partial charge in [0.1, 0.15) is 0 Å². The number of rotatable bonds is 9. The van der Waals surface area contributed by atoms with E-state index in [2.05, 4.69) is 36.3 Å². The molecule has 2 aliphatic rings. The Morgan fingerprint density at radius 1 is 1.23 bits per heavy atom. The van der Waals surface area contributed by atoms with Gasteiger partial charge < -0.3 is 10.6 Å². The maximum absolute atomic E-state index is 12.1. The first-order valence-corrected chi connectivity index (χ1v) is 12.3. The number of guanidine groups is 1. The van der Waals surface area contributed by atoms with Gasteiger partial charge in [0, 0.05) is 52.0 Å². The maximum Gasteiger partial charge on any atom is 0.213 e. The summed E-state index contributed by atoms with van der Waals surface area (Å²) in [4.78, 5) is 11.1. The molecule has 2 fully saturated rings. The van der Waals surface area contributed by atoms with Crippen LogP contribution >= 0.6 is 24.0 Å². The Kier molecular flexibility index (Phi) is 10.8. The molecule has 30 heavy (non-hydrogen) atoms. The molecule has 10 heteroatoms. The molecule has 1 aliphatic heterocycles. The molecule has 1 aromatic rings. The van der Waals surface area contributed by atoms with Crippen LogP contribution in [0.4, 0.5) is 0 Å². The van der Waals surface area contributed by atoms with Gasteiger partial charge in [0.25, 0.3) is 0 Å². The Labute approximate surface area is 197 Å². The van der Waals surface area contributed by atoms with Crippen LogP contribution in [0, 0.1) is 5.92 Å². The Morgan fingerprint density at radius 3 is 2.60 bits per heavy atom. The summed E-state index contributed by atoms with van der Waals surface area (Å²) in [5.74, 6) is 1.25. The van der Waals surface area contributed by atoms with Crippen LogP contribution in [0.5, 0.6) is 0 Å². The van der Waals surface area contributed by atoms with Crippen molar-refractivity contribution in [3.05, 3.63) is 30.1 Å². The van der Waals surface area contributed by atoms with Crippen LogP contribution in [0.2, 0.25) is 0 Å². The molecule has 1 saturated carbocycles. The summed E-state index contributed by atoms with van der Waals surface area (Å²) in [6.45, 7) is 3.81. The van der Waals surface area contributed by atoms with Crippen molar-refractivity contribution in [1.29, 1.82) is 0 Å². The third kappa shape index (κ3) is 8.64. The molecule has 1 aromatic heterocycles. The lowest BCUT2D eigenvalue weighted by atomic mass is 9.86. The zero-order valence-electron chi connectivity index (χ0n) is 17.7. The fraction of sp³-hybridized carbons (Fsp3) is 0.700. The predicted octanol–water partition coefficient (Wildman–Crippen LogP) is 1.55. The molecule has 2 heterocycles. The number of halogens is 1.